The molecule has 1 amide bonds. The summed E-state index contributed by atoms with van der Waals surface area (Å²) in [6.07, 6.45) is 1.53. The van der Waals surface area contributed by atoms with Crippen molar-refractivity contribution < 1.29 is 19.1 Å². The molecule has 2 rings (SSSR count). The summed E-state index contributed by atoms with van der Waals surface area (Å²) in [7, 11) is 0. The van der Waals surface area contributed by atoms with E-state index in [1.54, 1.807) is 4.90 Å². The number of carbonyl (C=O) groups excluding carboxylic acids is 2. The average molecular weight is 307 g/mol. The third-order valence-corrected chi connectivity index (χ3v) is 3.36. The van der Waals surface area contributed by atoms with Gasteiger partial charge in [0.2, 0.25) is 0 Å². The molecule has 1 saturated heterocycles. The number of amides is 1. The van der Waals surface area contributed by atoms with Crippen molar-refractivity contribution in [2.75, 3.05) is 19.7 Å². The van der Waals surface area contributed by atoms with Crippen molar-refractivity contribution in [1.29, 1.82) is 0 Å². The number of nitrogens with zero attached hydrogens (tertiary/aromatic N) is 3. The maximum Gasteiger partial charge on any atom is 0.317 e. The maximum absolute atomic E-state index is 12.0. The molecule has 0 bridgehead atoms. The first kappa shape index (κ1) is 16.2. The second kappa shape index (κ2) is 7.20. The lowest BCUT2D eigenvalue weighted by Gasteiger charge is -2.32. The summed E-state index contributed by atoms with van der Waals surface area (Å²) >= 11 is 0. The van der Waals surface area contributed by atoms with Crippen LogP contribution in [0.5, 0.6) is 6.01 Å². The predicted molar refractivity (Wildman–Crippen MR) is 78.4 cm³/mol. The van der Waals surface area contributed by atoms with E-state index in [1.807, 2.05) is 19.9 Å². The number of rotatable bonds is 4. The zero-order chi connectivity index (χ0) is 16.1. The average Bonchev–Trinajstić information content (AvgIpc) is 2.44. The molecule has 1 aromatic heterocycles. The van der Waals surface area contributed by atoms with Crippen molar-refractivity contribution in [1.82, 2.24) is 14.9 Å². The summed E-state index contributed by atoms with van der Waals surface area (Å²) in [6.45, 7) is 5.94. The van der Waals surface area contributed by atoms with Gasteiger partial charge in [-0.15, -0.1) is 0 Å². The second-order valence-corrected chi connectivity index (χ2v) is 5.44. The van der Waals surface area contributed by atoms with Gasteiger partial charge in [0.15, 0.2) is 6.61 Å². The van der Waals surface area contributed by atoms with Gasteiger partial charge in [-0.1, -0.05) is 0 Å². The number of hydrogen-bond donors (Lipinski definition) is 0. The molecule has 7 nitrogen and oxygen atoms in total. The molecule has 1 aliphatic heterocycles. The number of hydrogen-bond acceptors (Lipinski definition) is 6. The first-order valence-corrected chi connectivity index (χ1v) is 7.34. The molecule has 0 aliphatic carbocycles. The number of aromatic nitrogens is 2. The van der Waals surface area contributed by atoms with E-state index in [1.165, 1.54) is 6.92 Å². The highest BCUT2D eigenvalue weighted by molar-refractivity contribution is 5.80. The molecule has 0 spiro atoms. The quantitative estimate of drug-likeness (QED) is 0.773. The first-order chi connectivity index (χ1) is 10.4. The Balaban J connectivity index is 1.92. The molecule has 120 valence electrons. The summed E-state index contributed by atoms with van der Waals surface area (Å²) in [4.78, 5) is 32.9. The largest absolute Gasteiger partial charge is 0.458 e. The van der Waals surface area contributed by atoms with Gasteiger partial charge in [0.05, 0.1) is 6.54 Å². The van der Waals surface area contributed by atoms with E-state index in [2.05, 4.69) is 9.97 Å². The zero-order valence-electron chi connectivity index (χ0n) is 13.2. The lowest BCUT2D eigenvalue weighted by atomic mass is 10.1. The molecule has 1 aromatic rings. The lowest BCUT2D eigenvalue weighted by Crippen LogP contribution is -2.46. The topological polar surface area (TPSA) is 81.6 Å². The monoisotopic (exact) mass is 307 g/mol. The van der Waals surface area contributed by atoms with Crippen LogP contribution in [0.3, 0.4) is 0 Å². The molecular formula is C15H21N3O4. The minimum atomic E-state index is -0.457. The molecule has 1 unspecified atom stereocenters. The maximum atomic E-state index is 12.0. The first-order valence-electron chi connectivity index (χ1n) is 7.34. The van der Waals surface area contributed by atoms with Crippen LogP contribution < -0.4 is 4.74 Å². The van der Waals surface area contributed by atoms with E-state index in [-0.39, 0.29) is 18.6 Å². The molecule has 2 heterocycles. The highest BCUT2D eigenvalue weighted by atomic mass is 16.5. The summed E-state index contributed by atoms with van der Waals surface area (Å²) in [6, 6.07) is 2.22. The normalized spacial score (nSPS) is 18.0. The third-order valence-electron chi connectivity index (χ3n) is 3.36. The Bertz CT molecular complexity index is 541. The van der Waals surface area contributed by atoms with Crippen LogP contribution in [0.1, 0.15) is 31.2 Å². The van der Waals surface area contributed by atoms with Crippen molar-refractivity contribution in [3.8, 4) is 6.01 Å². The van der Waals surface area contributed by atoms with Crippen LogP contribution in [0.15, 0.2) is 6.07 Å². The van der Waals surface area contributed by atoms with E-state index in [0.29, 0.717) is 19.1 Å². The number of esters is 1. The van der Waals surface area contributed by atoms with Gasteiger partial charge >= 0.3 is 12.0 Å². The van der Waals surface area contributed by atoms with Gasteiger partial charge in [0.1, 0.15) is 6.10 Å². The highest BCUT2D eigenvalue weighted by Gasteiger charge is 2.26. The molecule has 1 aliphatic rings. The number of ether oxygens (including phenoxy) is 2. The van der Waals surface area contributed by atoms with Crippen LogP contribution in [-0.4, -0.2) is 52.5 Å². The van der Waals surface area contributed by atoms with Crippen molar-refractivity contribution in [2.45, 2.75) is 39.7 Å². The fraction of sp³-hybridized carbons (Fsp3) is 0.600. The van der Waals surface area contributed by atoms with Crippen molar-refractivity contribution in [3.63, 3.8) is 0 Å². The molecule has 7 heteroatoms. The Hall–Kier alpha value is -2.18. The van der Waals surface area contributed by atoms with Crippen LogP contribution >= 0.6 is 0 Å². The summed E-state index contributed by atoms with van der Waals surface area (Å²) in [5, 5.41) is 0. The van der Waals surface area contributed by atoms with E-state index in [0.717, 1.165) is 24.2 Å². The van der Waals surface area contributed by atoms with Crippen LogP contribution in [-0.2, 0) is 14.3 Å². The Labute approximate surface area is 129 Å². The summed E-state index contributed by atoms with van der Waals surface area (Å²) in [5.74, 6) is -0.661. The van der Waals surface area contributed by atoms with Crippen molar-refractivity contribution >= 4 is 11.9 Å². The molecule has 22 heavy (non-hydrogen) atoms. The molecule has 1 fully saturated rings. The van der Waals surface area contributed by atoms with Gasteiger partial charge in [-0.3, -0.25) is 9.59 Å². The molecule has 1 atom stereocenters. The van der Waals surface area contributed by atoms with E-state index < -0.39 is 5.97 Å². The third kappa shape index (κ3) is 4.68. The van der Waals surface area contributed by atoms with Gasteiger partial charge < -0.3 is 14.4 Å². The SMILES string of the molecule is CC(=O)OCC(=O)N1CCCC(Oc2nc(C)cc(C)n2)C1. The summed E-state index contributed by atoms with van der Waals surface area (Å²) < 4.78 is 10.5. The predicted octanol–water partition coefficient (Wildman–Crippen LogP) is 1.03. The van der Waals surface area contributed by atoms with Gasteiger partial charge in [0, 0.05) is 24.9 Å². The summed E-state index contributed by atoms with van der Waals surface area (Å²) in [5.41, 5.74) is 1.70. The van der Waals surface area contributed by atoms with Gasteiger partial charge in [0.25, 0.3) is 5.91 Å². The molecule has 0 saturated carbocycles. The van der Waals surface area contributed by atoms with Crippen LogP contribution in [0.2, 0.25) is 0 Å². The van der Waals surface area contributed by atoms with E-state index in [9.17, 15) is 9.59 Å². The van der Waals surface area contributed by atoms with Crippen molar-refractivity contribution in [2.24, 2.45) is 0 Å². The zero-order valence-corrected chi connectivity index (χ0v) is 13.2. The number of likely N-dealkylation sites (tertiary alicyclic amines) is 1. The van der Waals surface area contributed by atoms with Crippen molar-refractivity contribution in [3.05, 3.63) is 17.5 Å². The van der Waals surface area contributed by atoms with Crippen LogP contribution in [0.25, 0.3) is 0 Å². The fourth-order valence-corrected chi connectivity index (χ4v) is 2.41. The second-order valence-electron chi connectivity index (χ2n) is 5.44. The Morgan fingerprint density at radius 2 is 2.00 bits per heavy atom. The Morgan fingerprint density at radius 1 is 1.32 bits per heavy atom. The minimum absolute atomic E-state index is 0.142. The van der Waals surface area contributed by atoms with Gasteiger partial charge in [-0.25, -0.2) is 9.97 Å². The lowest BCUT2D eigenvalue weighted by molar-refractivity contribution is -0.151. The smallest absolute Gasteiger partial charge is 0.317 e. The van der Waals surface area contributed by atoms with Crippen LogP contribution in [0, 0.1) is 13.8 Å². The number of aryl methyl sites for hydroxylation is 2. The molecule has 0 aromatic carbocycles. The Morgan fingerprint density at radius 3 is 2.64 bits per heavy atom. The molecule has 0 N–H and O–H groups in total. The van der Waals surface area contributed by atoms with Gasteiger partial charge in [-0.05, 0) is 32.8 Å². The van der Waals surface area contributed by atoms with Crippen LogP contribution in [0.4, 0.5) is 0 Å². The van der Waals surface area contributed by atoms with Gasteiger partial charge in [-0.2, -0.15) is 0 Å². The highest BCUT2D eigenvalue weighted by Crippen LogP contribution is 2.16. The fourth-order valence-electron chi connectivity index (χ4n) is 2.41. The molecular weight excluding hydrogens is 286 g/mol. The number of carbonyl (C=O) groups is 2. The van der Waals surface area contributed by atoms with E-state index >= 15 is 0 Å². The number of piperidine rings is 1. The molecule has 0 radical (unpaired) electrons. The standard InChI is InChI=1S/C15H21N3O4/c1-10-7-11(2)17-15(16-10)22-13-5-4-6-18(8-13)14(20)9-21-12(3)19/h7,13H,4-6,8-9H2,1-3H3. The van der Waals surface area contributed by atoms with E-state index in [4.69, 9.17) is 9.47 Å². The Kier molecular flexibility index (Phi) is 5.30. The minimum Gasteiger partial charge on any atom is -0.458 e.